The number of H-pyrrole nitrogens is 1. The Morgan fingerprint density at radius 1 is 1.26 bits per heavy atom. The van der Waals surface area contributed by atoms with E-state index in [0.717, 1.165) is 29.7 Å². The molecule has 0 atom stereocenters. The van der Waals surface area contributed by atoms with E-state index in [1.54, 1.807) is 23.8 Å². The maximum Gasteiger partial charge on any atom is 0.267 e. The third kappa shape index (κ3) is 8.18. The van der Waals surface area contributed by atoms with Gasteiger partial charge in [0.15, 0.2) is 0 Å². The number of allylic oxidation sites excluding steroid dienone is 1. The molecular formula is C24H30N4O3. The molecule has 2 aromatic heterocycles. The number of pyridine rings is 1. The Morgan fingerprint density at radius 2 is 2.06 bits per heavy atom. The Bertz CT molecular complexity index is 980. The molecule has 3 rings (SSSR count). The molecule has 1 amide bonds. The number of aliphatic hydroxyl groups is 1. The summed E-state index contributed by atoms with van der Waals surface area (Å²) in [7, 11) is 0. The highest BCUT2D eigenvalue weighted by atomic mass is 16.5. The number of aromatic amines is 1. The van der Waals surface area contributed by atoms with Crippen LogP contribution in [0.25, 0.3) is 17.0 Å². The standard InChI is InChI=1S/C21H24N4O3.C3H6/c26-12-11-25(10-8-16-1-4-18-7-9-22-20(18)13-16)15-19-5-2-17(14-23-19)3-6-21(27)24-28;1-3-2/h1-7,9,13-14,22,26,28H,8,10-12,15H2,(H,24,27);3H,1H2,2H3/b6-3+;. The van der Waals surface area contributed by atoms with E-state index in [1.165, 1.54) is 17.0 Å². The summed E-state index contributed by atoms with van der Waals surface area (Å²) in [6.07, 6.45) is 9.05. The predicted octanol–water partition coefficient (Wildman–Crippen LogP) is 3.31. The second-order valence-corrected chi connectivity index (χ2v) is 6.95. The summed E-state index contributed by atoms with van der Waals surface area (Å²) >= 11 is 0. The van der Waals surface area contributed by atoms with Crippen LogP contribution in [-0.2, 0) is 17.8 Å². The minimum Gasteiger partial charge on any atom is -0.395 e. The highest BCUT2D eigenvalue weighted by Gasteiger charge is 2.08. The molecule has 7 nitrogen and oxygen atoms in total. The second-order valence-electron chi connectivity index (χ2n) is 6.95. The molecule has 1 aromatic carbocycles. The van der Waals surface area contributed by atoms with Crippen LogP contribution in [0.2, 0.25) is 0 Å². The van der Waals surface area contributed by atoms with Crippen LogP contribution in [0.3, 0.4) is 0 Å². The van der Waals surface area contributed by atoms with E-state index in [1.807, 2.05) is 25.3 Å². The zero-order valence-electron chi connectivity index (χ0n) is 17.8. The number of hydrogen-bond acceptors (Lipinski definition) is 5. The Morgan fingerprint density at radius 3 is 2.74 bits per heavy atom. The number of carbonyl (C=O) groups excluding carboxylic acids is 1. The zero-order valence-corrected chi connectivity index (χ0v) is 17.8. The number of nitrogens with one attached hydrogen (secondary N) is 2. The minimum absolute atomic E-state index is 0.0900. The van der Waals surface area contributed by atoms with Gasteiger partial charge in [0.1, 0.15) is 0 Å². The molecule has 0 aliphatic rings. The van der Waals surface area contributed by atoms with Crippen molar-refractivity contribution in [2.45, 2.75) is 19.9 Å². The van der Waals surface area contributed by atoms with Gasteiger partial charge >= 0.3 is 0 Å². The van der Waals surface area contributed by atoms with Crippen molar-refractivity contribution < 1.29 is 15.1 Å². The molecule has 0 aliphatic heterocycles. The lowest BCUT2D eigenvalue weighted by Crippen LogP contribution is -2.29. The van der Waals surface area contributed by atoms with Crippen molar-refractivity contribution >= 4 is 22.9 Å². The highest BCUT2D eigenvalue weighted by molar-refractivity contribution is 5.90. The fourth-order valence-corrected chi connectivity index (χ4v) is 3.02. The molecule has 0 saturated carbocycles. The number of hydrogen-bond donors (Lipinski definition) is 4. The van der Waals surface area contributed by atoms with Crippen LogP contribution < -0.4 is 5.48 Å². The van der Waals surface area contributed by atoms with Gasteiger partial charge in [-0.05, 0) is 54.1 Å². The summed E-state index contributed by atoms with van der Waals surface area (Å²) in [5, 5.41) is 19.1. The highest BCUT2D eigenvalue weighted by Crippen LogP contribution is 2.15. The van der Waals surface area contributed by atoms with E-state index in [-0.39, 0.29) is 6.61 Å². The van der Waals surface area contributed by atoms with E-state index < -0.39 is 5.91 Å². The van der Waals surface area contributed by atoms with Crippen LogP contribution in [0.4, 0.5) is 0 Å². The minimum atomic E-state index is -0.587. The van der Waals surface area contributed by atoms with Gasteiger partial charge in [-0.25, -0.2) is 5.48 Å². The first kappa shape index (κ1) is 24.0. The van der Waals surface area contributed by atoms with E-state index in [2.05, 4.69) is 45.7 Å². The van der Waals surface area contributed by atoms with Crippen LogP contribution in [0.15, 0.2) is 67.5 Å². The van der Waals surface area contributed by atoms with Crippen LogP contribution in [0, 0.1) is 0 Å². The van der Waals surface area contributed by atoms with Gasteiger partial charge in [-0.2, -0.15) is 0 Å². The van der Waals surface area contributed by atoms with Gasteiger partial charge in [-0.1, -0.05) is 24.3 Å². The summed E-state index contributed by atoms with van der Waals surface area (Å²) in [5.41, 5.74) is 5.57. The van der Waals surface area contributed by atoms with E-state index in [4.69, 9.17) is 5.21 Å². The maximum absolute atomic E-state index is 11.0. The van der Waals surface area contributed by atoms with Crippen molar-refractivity contribution in [3.05, 3.63) is 84.3 Å². The molecule has 4 N–H and O–H groups in total. The zero-order chi connectivity index (χ0) is 22.5. The number of aromatic nitrogens is 2. The van der Waals surface area contributed by atoms with E-state index in [9.17, 15) is 9.90 Å². The average Bonchev–Trinajstić information content (AvgIpc) is 3.25. The lowest BCUT2D eigenvalue weighted by Gasteiger charge is -2.21. The summed E-state index contributed by atoms with van der Waals surface area (Å²) in [6, 6.07) is 12.2. The summed E-state index contributed by atoms with van der Waals surface area (Å²) < 4.78 is 0. The van der Waals surface area contributed by atoms with Gasteiger partial charge in [-0.3, -0.25) is 19.9 Å². The number of rotatable bonds is 9. The summed E-state index contributed by atoms with van der Waals surface area (Å²) in [6.45, 7) is 7.36. The number of hydroxylamine groups is 1. The number of aliphatic hydroxyl groups excluding tert-OH is 1. The molecule has 0 radical (unpaired) electrons. The quantitative estimate of drug-likeness (QED) is 0.183. The van der Waals surface area contributed by atoms with Crippen LogP contribution >= 0.6 is 0 Å². The number of nitrogens with zero attached hydrogens (tertiary/aromatic N) is 2. The Labute approximate surface area is 182 Å². The molecule has 0 spiro atoms. The van der Waals surface area contributed by atoms with Crippen LogP contribution in [0.1, 0.15) is 23.7 Å². The first-order chi connectivity index (χ1) is 15.1. The van der Waals surface area contributed by atoms with Gasteiger partial charge in [0.25, 0.3) is 5.91 Å². The Hall–Kier alpha value is -3.26. The molecule has 0 fully saturated rings. The van der Waals surface area contributed by atoms with E-state index >= 15 is 0 Å². The molecule has 3 aromatic rings. The summed E-state index contributed by atoms with van der Waals surface area (Å²) in [5.74, 6) is -0.587. The van der Waals surface area contributed by atoms with Gasteiger partial charge in [0.2, 0.25) is 0 Å². The van der Waals surface area contributed by atoms with Gasteiger partial charge in [0, 0.05) is 43.6 Å². The van der Waals surface area contributed by atoms with Crippen molar-refractivity contribution in [3.8, 4) is 0 Å². The average molecular weight is 423 g/mol. The largest absolute Gasteiger partial charge is 0.395 e. The van der Waals surface area contributed by atoms with Crippen molar-refractivity contribution in [2.24, 2.45) is 0 Å². The van der Waals surface area contributed by atoms with Crippen molar-refractivity contribution in [1.82, 2.24) is 20.3 Å². The fraction of sp³-hybridized carbons (Fsp3) is 0.250. The fourth-order valence-electron chi connectivity index (χ4n) is 3.02. The molecule has 7 heteroatoms. The number of fused-ring (bicyclic) bond motifs is 1. The topological polar surface area (TPSA) is 101 Å². The first-order valence-electron chi connectivity index (χ1n) is 10.1. The van der Waals surface area contributed by atoms with Gasteiger partial charge in [-0.15, -0.1) is 6.58 Å². The monoisotopic (exact) mass is 422 g/mol. The Kier molecular flexibility index (Phi) is 10.2. The molecule has 0 aliphatic carbocycles. The molecule has 31 heavy (non-hydrogen) atoms. The van der Waals surface area contributed by atoms with Crippen LogP contribution in [-0.4, -0.2) is 50.8 Å². The summed E-state index contributed by atoms with van der Waals surface area (Å²) in [4.78, 5) is 20.8. The lowest BCUT2D eigenvalue weighted by molar-refractivity contribution is -0.124. The first-order valence-corrected chi connectivity index (χ1v) is 10.1. The SMILES string of the molecule is C=CC.O=C(/C=C/c1ccc(CN(CCO)CCc2ccc3cc[nH]c3c2)nc1)NO. The van der Waals surface area contributed by atoms with Crippen molar-refractivity contribution in [3.63, 3.8) is 0 Å². The number of benzene rings is 1. The molecule has 164 valence electrons. The third-order valence-corrected chi connectivity index (χ3v) is 4.52. The molecular weight excluding hydrogens is 392 g/mol. The third-order valence-electron chi connectivity index (χ3n) is 4.52. The number of carbonyl (C=O) groups is 1. The predicted molar refractivity (Wildman–Crippen MR) is 123 cm³/mol. The second kappa shape index (κ2) is 13.1. The smallest absolute Gasteiger partial charge is 0.267 e. The molecule has 0 saturated heterocycles. The van der Waals surface area contributed by atoms with Crippen molar-refractivity contribution in [1.29, 1.82) is 0 Å². The lowest BCUT2D eigenvalue weighted by atomic mass is 10.1. The van der Waals surface area contributed by atoms with Gasteiger partial charge in [0.05, 0.1) is 12.3 Å². The molecule has 0 bridgehead atoms. The normalized spacial score (nSPS) is 10.8. The van der Waals surface area contributed by atoms with Crippen LogP contribution in [0.5, 0.6) is 0 Å². The van der Waals surface area contributed by atoms with E-state index in [0.29, 0.717) is 13.1 Å². The maximum atomic E-state index is 11.0. The van der Waals surface area contributed by atoms with Gasteiger partial charge < -0.3 is 10.1 Å². The number of amides is 1. The Balaban J connectivity index is 0.00000107. The molecule has 2 heterocycles. The molecule has 0 unspecified atom stereocenters. The van der Waals surface area contributed by atoms with Crippen molar-refractivity contribution in [2.75, 3.05) is 19.7 Å².